The van der Waals surface area contributed by atoms with E-state index in [1.54, 1.807) is 6.07 Å². The predicted molar refractivity (Wildman–Crippen MR) is 72.6 cm³/mol. The van der Waals surface area contributed by atoms with Gasteiger partial charge in [-0.2, -0.15) is 0 Å². The predicted octanol–water partition coefficient (Wildman–Crippen LogP) is 1.49. The van der Waals surface area contributed by atoms with Gasteiger partial charge in [-0.1, -0.05) is 6.07 Å². The molecule has 1 heterocycles. The monoisotopic (exact) mass is 265 g/mol. The van der Waals surface area contributed by atoms with E-state index in [2.05, 4.69) is 11.8 Å². The first-order valence-electron chi connectivity index (χ1n) is 6.54. The van der Waals surface area contributed by atoms with Gasteiger partial charge in [0.05, 0.1) is 5.92 Å². The van der Waals surface area contributed by atoms with E-state index in [1.165, 1.54) is 12.1 Å². The largest absolute Gasteiger partial charge is 0.398 e. The van der Waals surface area contributed by atoms with Gasteiger partial charge in [-0.25, -0.2) is 4.39 Å². The van der Waals surface area contributed by atoms with Crippen molar-refractivity contribution in [3.63, 3.8) is 0 Å². The van der Waals surface area contributed by atoms with E-state index in [4.69, 9.17) is 11.5 Å². The quantitative estimate of drug-likeness (QED) is 0.813. The van der Waals surface area contributed by atoms with Crippen LogP contribution in [0.5, 0.6) is 0 Å². The third-order valence-electron chi connectivity index (χ3n) is 3.89. The molecule has 1 amide bonds. The summed E-state index contributed by atoms with van der Waals surface area (Å²) in [7, 11) is 0. The van der Waals surface area contributed by atoms with Crippen LogP contribution < -0.4 is 11.5 Å². The fourth-order valence-corrected chi connectivity index (χ4v) is 2.56. The van der Waals surface area contributed by atoms with Crippen molar-refractivity contribution in [3.05, 3.63) is 29.6 Å². The summed E-state index contributed by atoms with van der Waals surface area (Å²) in [6.07, 6.45) is 1.78. The number of carbonyl (C=O) groups is 1. The molecule has 4 N–H and O–H groups in total. The average molecular weight is 265 g/mol. The van der Waals surface area contributed by atoms with Gasteiger partial charge < -0.3 is 11.5 Å². The van der Waals surface area contributed by atoms with Gasteiger partial charge in [0.2, 0.25) is 5.91 Å². The Kier molecular flexibility index (Phi) is 4.04. The standard InChI is InChI=1S/C14H20FN3O/c1-9-2-3-11(14(17)19)8-18(9)7-10-4-5-12(15)6-13(10)16/h4-6,9,11H,2-3,7-8,16H2,1H3,(H2,17,19). The number of benzene rings is 1. The maximum atomic E-state index is 13.0. The van der Waals surface area contributed by atoms with E-state index in [0.29, 0.717) is 24.8 Å². The van der Waals surface area contributed by atoms with Crippen molar-refractivity contribution < 1.29 is 9.18 Å². The number of primary amides is 1. The Morgan fingerprint density at radius 3 is 2.84 bits per heavy atom. The normalized spacial score (nSPS) is 24.3. The molecule has 1 aromatic carbocycles. The minimum Gasteiger partial charge on any atom is -0.398 e. The second-order valence-electron chi connectivity index (χ2n) is 5.30. The molecule has 0 aliphatic carbocycles. The van der Waals surface area contributed by atoms with Crippen molar-refractivity contribution in [1.29, 1.82) is 0 Å². The van der Waals surface area contributed by atoms with Gasteiger partial charge >= 0.3 is 0 Å². The Balaban J connectivity index is 2.09. The number of amides is 1. The zero-order valence-corrected chi connectivity index (χ0v) is 11.1. The van der Waals surface area contributed by atoms with Crippen LogP contribution in [-0.4, -0.2) is 23.4 Å². The molecule has 4 nitrogen and oxygen atoms in total. The zero-order chi connectivity index (χ0) is 14.0. The van der Waals surface area contributed by atoms with Gasteiger partial charge in [-0.15, -0.1) is 0 Å². The van der Waals surface area contributed by atoms with E-state index in [1.807, 2.05) is 0 Å². The highest BCUT2D eigenvalue weighted by Crippen LogP contribution is 2.25. The Morgan fingerprint density at radius 1 is 1.47 bits per heavy atom. The highest BCUT2D eigenvalue weighted by molar-refractivity contribution is 5.77. The number of hydrogen-bond acceptors (Lipinski definition) is 3. The Morgan fingerprint density at radius 2 is 2.21 bits per heavy atom. The van der Waals surface area contributed by atoms with E-state index >= 15 is 0 Å². The van der Waals surface area contributed by atoms with Crippen LogP contribution in [0.15, 0.2) is 18.2 Å². The van der Waals surface area contributed by atoms with Crippen molar-refractivity contribution in [2.45, 2.75) is 32.4 Å². The molecule has 2 unspecified atom stereocenters. The van der Waals surface area contributed by atoms with Crippen LogP contribution in [0.2, 0.25) is 0 Å². The zero-order valence-electron chi connectivity index (χ0n) is 11.1. The molecule has 1 aromatic rings. The van der Waals surface area contributed by atoms with Crippen LogP contribution in [0.4, 0.5) is 10.1 Å². The Labute approximate surface area is 112 Å². The van der Waals surface area contributed by atoms with Gasteiger partial charge in [0.15, 0.2) is 0 Å². The van der Waals surface area contributed by atoms with Crippen molar-refractivity contribution in [2.24, 2.45) is 11.7 Å². The highest BCUT2D eigenvalue weighted by Gasteiger charge is 2.28. The number of carbonyl (C=O) groups excluding carboxylic acids is 1. The Bertz CT molecular complexity index is 478. The van der Waals surface area contributed by atoms with E-state index in [0.717, 1.165) is 18.4 Å². The lowest BCUT2D eigenvalue weighted by Crippen LogP contribution is -2.45. The van der Waals surface area contributed by atoms with Gasteiger partial charge in [-0.05, 0) is 37.5 Å². The van der Waals surface area contributed by atoms with E-state index in [-0.39, 0.29) is 17.6 Å². The number of likely N-dealkylation sites (tertiary alicyclic amines) is 1. The summed E-state index contributed by atoms with van der Waals surface area (Å²) in [5.74, 6) is -0.676. The Hall–Kier alpha value is -1.62. The number of anilines is 1. The average Bonchev–Trinajstić information content (AvgIpc) is 2.34. The minimum absolute atomic E-state index is 0.0992. The second-order valence-corrected chi connectivity index (χ2v) is 5.30. The molecule has 2 rings (SSSR count). The van der Waals surface area contributed by atoms with Crippen LogP contribution in [-0.2, 0) is 11.3 Å². The number of nitrogen functional groups attached to an aromatic ring is 1. The molecule has 0 radical (unpaired) electrons. The first-order chi connectivity index (χ1) is 8.97. The van der Waals surface area contributed by atoms with Gasteiger partial charge in [0.1, 0.15) is 5.82 Å². The lowest BCUT2D eigenvalue weighted by atomic mass is 9.92. The summed E-state index contributed by atoms with van der Waals surface area (Å²) in [5.41, 5.74) is 12.5. The number of halogens is 1. The topological polar surface area (TPSA) is 72.4 Å². The maximum Gasteiger partial charge on any atom is 0.221 e. The van der Waals surface area contributed by atoms with Crippen molar-refractivity contribution >= 4 is 11.6 Å². The summed E-state index contributed by atoms with van der Waals surface area (Å²) in [6, 6.07) is 4.81. The molecule has 1 fully saturated rings. The number of rotatable bonds is 3. The first kappa shape index (κ1) is 13.8. The number of nitrogens with zero attached hydrogens (tertiary/aromatic N) is 1. The van der Waals surface area contributed by atoms with Crippen LogP contribution in [0, 0.1) is 11.7 Å². The second kappa shape index (κ2) is 5.57. The van der Waals surface area contributed by atoms with Crippen molar-refractivity contribution in [3.8, 4) is 0 Å². The molecule has 0 spiro atoms. The molecule has 19 heavy (non-hydrogen) atoms. The molecule has 1 aliphatic rings. The van der Waals surface area contributed by atoms with Crippen molar-refractivity contribution in [2.75, 3.05) is 12.3 Å². The van der Waals surface area contributed by atoms with Gasteiger partial charge in [0, 0.05) is 24.8 Å². The van der Waals surface area contributed by atoms with Crippen LogP contribution >= 0.6 is 0 Å². The minimum atomic E-state index is -0.331. The number of hydrogen-bond donors (Lipinski definition) is 2. The molecule has 104 valence electrons. The fraction of sp³-hybridized carbons (Fsp3) is 0.500. The maximum absolute atomic E-state index is 13.0. The molecule has 5 heteroatoms. The lowest BCUT2D eigenvalue weighted by molar-refractivity contribution is -0.124. The highest BCUT2D eigenvalue weighted by atomic mass is 19.1. The smallest absolute Gasteiger partial charge is 0.221 e. The molecular formula is C14H20FN3O. The first-order valence-corrected chi connectivity index (χ1v) is 6.54. The van der Waals surface area contributed by atoms with E-state index in [9.17, 15) is 9.18 Å². The summed E-state index contributed by atoms with van der Waals surface area (Å²) in [4.78, 5) is 13.5. The molecule has 1 aliphatic heterocycles. The third-order valence-corrected chi connectivity index (χ3v) is 3.89. The van der Waals surface area contributed by atoms with Crippen molar-refractivity contribution in [1.82, 2.24) is 4.90 Å². The summed E-state index contributed by atoms with van der Waals surface area (Å²) >= 11 is 0. The van der Waals surface area contributed by atoms with Gasteiger partial charge in [0.25, 0.3) is 0 Å². The molecular weight excluding hydrogens is 245 g/mol. The summed E-state index contributed by atoms with van der Waals surface area (Å²) < 4.78 is 13.0. The fourth-order valence-electron chi connectivity index (χ4n) is 2.56. The molecule has 2 atom stereocenters. The van der Waals surface area contributed by atoms with E-state index < -0.39 is 0 Å². The van der Waals surface area contributed by atoms with Crippen LogP contribution in [0.1, 0.15) is 25.3 Å². The number of piperidine rings is 1. The van der Waals surface area contributed by atoms with Gasteiger partial charge in [-0.3, -0.25) is 9.69 Å². The molecule has 0 bridgehead atoms. The number of nitrogens with two attached hydrogens (primary N) is 2. The molecule has 1 saturated heterocycles. The summed E-state index contributed by atoms with van der Waals surface area (Å²) in [6.45, 7) is 3.39. The molecule has 0 saturated carbocycles. The van der Waals surface area contributed by atoms with Crippen LogP contribution in [0.25, 0.3) is 0 Å². The summed E-state index contributed by atoms with van der Waals surface area (Å²) in [5, 5.41) is 0. The van der Waals surface area contributed by atoms with Crippen LogP contribution in [0.3, 0.4) is 0 Å². The molecule has 0 aromatic heterocycles. The lowest BCUT2D eigenvalue weighted by Gasteiger charge is -2.37. The SMILES string of the molecule is CC1CCC(C(N)=O)CN1Cc1ccc(F)cc1N. The third kappa shape index (κ3) is 3.23.